The minimum Gasteiger partial charge on any atom is -0.319 e. The predicted molar refractivity (Wildman–Crippen MR) is 110 cm³/mol. The average molecular weight is 401 g/mol. The molecular weight excluding hydrogens is 376 g/mol. The lowest BCUT2D eigenvalue weighted by molar-refractivity contribution is 0.101. The number of aryl methyl sites for hydroxylation is 4. The van der Waals surface area contributed by atoms with Gasteiger partial charge in [-0.3, -0.25) is 9.48 Å². The highest BCUT2D eigenvalue weighted by atomic mass is 32.2. The van der Waals surface area contributed by atoms with Gasteiger partial charge in [-0.15, -0.1) is 0 Å². The number of amides is 1. The monoisotopic (exact) mass is 400 g/mol. The van der Waals surface area contributed by atoms with Crippen LogP contribution in [0.25, 0.3) is 5.69 Å². The Morgan fingerprint density at radius 1 is 0.964 bits per heavy atom. The molecule has 8 heteroatoms. The van der Waals surface area contributed by atoms with Crippen molar-refractivity contribution in [1.82, 2.24) is 14.3 Å². The third-order valence-electron chi connectivity index (χ3n) is 4.83. The van der Waals surface area contributed by atoms with E-state index < -0.39 is 15.9 Å². The van der Waals surface area contributed by atoms with Gasteiger partial charge in [0.05, 0.1) is 17.6 Å². The summed E-state index contributed by atoms with van der Waals surface area (Å²) in [5.41, 5.74) is 4.75. The summed E-state index contributed by atoms with van der Waals surface area (Å²) < 4.78 is 29.4. The summed E-state index contributed by atoms with van der Waals surface area (Å²) in [6.07, 6.45) is 1.03. The van der Waals surface area contributed by atoms with Crippen molar-refractivity contribution in [3.63, 3.8) is 0 Å². The van der Waals surface area contributed by atoms with Gasteiger partial charge in [-0.1, -0.05) is 0 Å². The highest BCUT2D eigenvalue weighted by Crippen LogP contribution is 2.28. The summed E-state index contributed by atoms with van der Waals surface area (Å²) in [6.45, 7) is 7.44. The molecular formula is C20H24N4O3S. The third kappa shape index (κ3) is 3.35. The molecule has 0 saturated carbocycles. The summed E-state index contributed by atoms with van der Waals surface area (Å²) >= 11 is 0. The first kappa shape index (κ1) is 19.9. The molecule has 7 nitrogen and oxygen atoms in total. The minimum atomic E-state index is -3.84. The maximum absolute atomic E-state index is 13.1. The van der Waals surface area contributed by atoms with Gasteiger partial charge in [-0.25, -0.2) is 8.42 Å². The maximum Gasteiger partial charge on any atom is 0.272 e. The molecule has 0 unspecified atom stereocenters. The van der Waals surface area contributed by atoms with Crippen LogP contribution in [0.5, 0.6) is 0 Å². The zero-order valence-corrected chi connectivity index (χ0v) is 17.7. The van der Waals surface area contributed by atoms with Crippen molar-refractivity contribution in [3.8, 4) is 5.69 Å². The van der Waals surface area contributed by atoms with Crippen LogP contribution in [-0.4, -0.2) is 34.9 Å². The molecule has 0 aliphatic carbocycles. The molecule has 148 valence electrons. The minimum absolute atomic E-state index is 0.291. The second-order valence-corrected chi connectivity index (χ2v) is 8.81. The Bertz CT molecular complexity index is 1140. The van der Waals surface area contributed by atoms with Gasteiger partial charge in [0.2, 0.25) is 10.0 Å². The molecule has 0 aliphatic rings. The molecule has 0 saturated heterocycles. The summed E-state index contributed by atoms with van der Waals surface area (Å²) in [6, 6.07) is 11.0. The van der Waals surface area contributed by atoms with Gasteiger partial charge in [0.1, 0.15) is 5.69 Å². The second kappa shape index (κ2) is 6.94. The Hall–Kier alpha value is -2.87. The highest BCUT2D eigenvalue weighted by Gasteiger charge is 2.31. The molecule has 3 rings (SSSR count). The second-order valence-electron chi connectivity index (χ2n) is 6.97. The van der Waals surface area contributed by atoms with Gasteiger partial charge in [0.15, 0.2) is 0 Å². The van der Waals surface area contributed by atoms with Crippen LogP contribution in [0.2, 0.25) is 0 Å². The molecule has 28 heavy (non-hydrogen) atoms. The van der Waals surface area contributed by atoms with Crippen LogP contribution in [0.15, 0.2) is 36.4 Å². The molecule has 0 fully saturated rings. The van der Waals surface area contributed by atoms with E-state index in [0.29, 0.717) is 22.6 Å². The van der Waals surface area contributed by atoms with Crippen molar-refractivity contribution in [3.05, 3.63) is 64.7 Å². The summed E-state index contributed by atoms with van der Waals surface area (Å²) in [4.78, 5) is 13.1. The van der Waals surface area contributed by atoms with Crippen LogP contribution >= 0.6 is 0 Å². The Labute approximate surface area is 165 Å². The van der Waals surface area contributed by atoms with Gasteiger partial charge in [0.25, 0.3) is 5.91 Å². The Balaban J connectivity index is 2.05. The van der Waals surface area contributed by atoms with Crippen molar-refractivity contribution in [2.75, 3.05) is 10.6 Å². The van der Waals surface area contributed by atoms with E-state index in [1.807, 2.05) is 38.1 Å². The van der Waals surface area contributed by atoms with Crippen LogP contribution in [0.3, 0.4) is 0 Å². The Morgan fingerprint density at radius 3 is 1.93 bits per heavy atom. The molecule has 3 aromatic rings. The number of anilines is 1. The molecule has 0 aliphatic heterocycles. The normalized spacial score (nSPS) is 11.6. The number of sulfonamides is 1. The van der Waals surface area contributed by atoms with Crippen LogP contribution in [0, 0.1) is 27.7 Å². The predicted octanol–water partition coefficient (Wildman–Crippen LogP) is 3.05. The zero-order valence-electron chi connectivity index (χ0n) is 16.9. The van der Waals surface area contributed by atoms with Crippen LogP contribution < -0.4 is 4.31 Å². The smallest absolute Gasteiger partial charge is 0.272 e. The fraction of sp³-hybridized carbons (Fsp3) is 0.300. The van der Waals surface area contributed by atoms with Crippen molar-refractivity contribution >= 4 is 21.6 Å². The van der Waals surface area contributed by atoms with Gasteiger partial charge in [-0.05, 0) is 64.1 Å². The highest BCUT2D eigenvalue weighted by molar-refractivity contribution is 7.92. The number of rotatable bonds is 4. The molecule has 1 amide bonds. The molecule has 0 radical (unpaired) electrons. The average Bonchev–Trinajstić information content (AvgIpc) is 3.07. The molecule has 0 N–H and O–H groups in total. The van der Waals surface area contributed by atoms with Crippen molar-refractivity contribution in [2.24, 2.45) is 7.05 Å². The first-order valence-corrected chi connectivity index (χ1v) is 10.7. The first-order valence-electron chi connectivity index (χ1n) is 8.82. The Morgan fingerprint density at radius 2 is 1.50 bits per heavy atom. The fourth-order valence-corrected chi connectivity index (χ4v) is 4.42. The number of benzene rings is 1. The molecule has 0 bridgehead atoms. The van der Waals surface area contributed by atoms with E-state index in [-0.39, 0.29) is 0 Å². The summed E-state index contributed by atoms with van der Waals surface area (Å²) in [7, 11) is -2.12. The van der Waals surface area contributed by atoms with E-state index in [1.165, 1.54) is 0 Å². The van der Waals surface area contributed by atoms with E-state index in [1.54, 1.807) is 37.7 Å². The van der Waals surface area contributed by atoms with Crippen LogP contribution in [0.4, 0.5) is 5.69 Å². The lowest BCUT2D eigenvalue weighted by Gasteiger charge is -2.21. The van der Waals surface area contributed by atoms with E-state index in [4.69, 9.17) is 0 Å². The van der Waals surface area contributed by atoms with Crippen LogP contribution in [-0.2, 0) is 17.1 Å². The SMILES string of the molecule is Cc1nn(C)c(C)c1N(C(=O)c1ccc(-n2c(C)ccc2C)cc1)S(C)(=O)=O. The summed E-state index contributed by atoms with van der Waals surface area (Å²) in [5.74, 6) is -0.603. The third-order valence-corrected chi connectivity index (χ3v) is 5.85. The molecule has 0 atom stereocenters. The number of nitrogens with zero attached hydrogens (tertiary/aromatic N) is 4. The summed E-state index contributed by atoms with van der Waals surface area (Å²) in [5, 5.41) is 4.24. The standard InChI is InChI=1S/C20H24N4O3S/c1-13-7-8-14(2)23(13)18-11-9-17(10-12-18)20(25)24(28(6,26)27)19-15(3)21-22(5)16(19)4/h7-12H,1-6H3. The lowest BCUT2D eigenvalue weighted by atomic mass is 10.1. The molecule has 0 spiro atoms. The Kier molecular flexibility index (Phi) is 4.93. The lowest BCUT2D eigenvalue weighted by Crippen LogP contribution is -2.37. The molecule has 1 aromatic carbocycles. The van der Waals surface area contributed by atoms with Gasteiger partial charge in [-0.2, -0.15) is 9.40 Å². The zero-order chi connectivity index (χ0) is 20.8. The van der Waals surface area contributed by atoms with E-state index in [0.717, 1.165) is 27.6 Å². The number of carbonyl (C=O) groups excluding carboxylic acids is 1. The van der Waals surface area contributed by atoms with E-state index in [9.17, 15) is 13.2 Å². The largest absolute Gasteiger partial charge is 0.319 e. The quantitative estimate of drug-likeness (QED) is 0.674. The molecule has 2 heterocycles. The van der Waals surface area contributed by atoms with Crippen molar-refractivity contribution < 1.29 is 13.2 Å². The first-order chi connectivity index (χ1) is 13.0. The van der Waals surface area contributed by atoms with Gasteiger partial charge < -0.3 is 4.57 Å². The fourth-order valence-electron chi connectivity index (χ4n) is 3.42. The van der Waals surface area contributed by atoms with Crippen LogP contribution in [0.1, 0.15) is 33.1 Å². The number of carbonyl (C=O) groups is 1. The number of aromatic nitrogens is 3. The number of hydrogen-bond donors (Lipinski definition) is 0. The topological polar surface area (TPSA) is 77.2 Å². The van der Waals surface area contributed by atoms with Gasteiger partial charge in [0, 0.05) is 29.7 Å². The maximum atomic E-state index is 13.1. The van der Waals surface area contributed by atoms with Gasteiger partial charge >= 0.3 is 0 Å². The number of hydrogen-bond acceptors (Lipinski definition) is 4. The molecule has 2 aromatic heterocycles. The van der Waals surface area contributed by atoms with Crippen molar-refractivity contribution in [2.45, 2.75) is 27.7 Å². The van der Waals surface area contributed by atoms with Crippen molar-refractivity contribution in [1.29, 1.82) is 0 Å². The van der Waals surface area contributed by atoms with E-state index in [2.05, 4.69) is 9.67 Å². The van der Waals surface area contributed by atoms with E-state index >= 15 is 0 Å².